The first-order valence-corrected chi connectivity index (χ1v) is 10.1. The number of furan rings is 1. The number of hydrogen-bond donors (Lipinski definition) is 1. The number of thioether (sulfide) groups is 1. The first-order chi connectivity index (χ1) is 15.3. The highest BCUT2D eigenvalue weighted by Gasteiger charge is 2.30. The quantitative estimate of drug-likeness (QED) is 0.337. The Morgan fingerprint density at radius 1 is 1.19 bits per heavy atom. The van der Waals surface area contributed by atoms with E-state index >= 15 is 0 Å². The maximum Gasteiger partial charge on any atom is 0.335 e. The first kappa shape index (κ1) is 21.1. The minimum absolute atomic E-state index is 0.0145. The van der Waals surface area contributed by atoms with Gasteiger partial charge in [0, 0.05) is 30.8 Å². The summed E-state index contributed by atoms with van der Waals surface area (Å²) in [6, 6.07) is 15.5. The van der Waals surface area contributed by atoms with Gasteiger partial charge in [0.05, 0.1) is 21.1 Å². The zero-order valence-corrected chi connectivity index (χ0v) is 17.4. The number of nitro benzene ring substituents is 1. The zero-order chi connectivity index (χ0) is 22.8. The van der Waals surface area contributed by atoms with Crippen molar-refractivity contribution >= 4 is 46.3 Å². The van der Waals surface area contributed by atoms with Gasteiger partial charge in [-0.3, -0.25) is 19.8 Å². The fourth-order valence-corrected chi connectivity index (χ4v) is 3.90. The lowest BCUT2D eigenvalue weighted by Crippen LogP contribution is -2.23. The molecule has 0 unspecified atom stereocenters. The van der Waals surface area contributed by atoms with Crippen molar-refractivity contribution in [3.05, 3.63) is 87.0 Å². The van der Waals surface area contributed by atoms with E-state index in [0.717, 1.165) is 11.8 Å². The number of benzene rings is 2. The summed E-state index contributed by atoms with van der Waals surface area (Å²) >= 11 is 1.15. The van der Waals surface area contributed by atoms with Gasteiger partial charge < -0.3 is 9.52 Å². The van der Waals surface area contributed by atoms with Gasteiger partial charge in [-0.05, 0) is 54.2 Å². The maximum atomic E-state index is 12.6. The average molecular weight is 449 g/mol. The normalized spacial score (nSPS) is 16.2. The second kappa shape index (κ2) is 8.52. The molecule has 0 saturated carbocycles. The molecule has 2 aromatic carbocycles. The van der Waals surface area contributed by atoms with Crippen LogP contribution in [0, 0.1) is 10.1 Å². The molecule has 1 fully saturated rings. The van der Waals surface area contributed by atoms with Crippen molar-refractivity contribution in [3.8, 4) is 11.3 Å². The largest absolute Gasteiger partial charge is 0.478 e. The Morgan fingerprint density at radius 3 is 2.62 bits per heavy atom. The molecule has 1 amide bonds. The molecule has 0 radical (unpaired) electrons. The van der Waals surface area contributed by atoms with Crippen LogP contribution in [0.5, 0.6) is 0 Å². The van der Waals surface area contributed by atoms with Gasteiger partial charge >= 0.3 is 5.97 Å². The number of nitrogens with zero attached hydrogens (tertiary/aromatic N) is 3. The smallest absolute Gasteiger partial charge is 0.335 e. The Hall–Kier alpha value is -4.18. The second-order valence-corrected chi connectivity index (χ2v) is 7.74. The lowest BCUT2D eigenvalue weighted by Gasteiger charge is -2.07. The average Bonchev–Trinajstić information content (AvgIpc) is 3.35. The number of rotatable bonds is 5. The van der Waals surface area contributed by atoms with Gasteiger partial charge in [-0.15, -0.1) is 0 Å². The molecule has 0 bridgehead atoms. The minimum atomic E-state index is -1.06. The van der Waals surface area contributed by atoms with Crippen LogP contribution in [-0.2, 0) is 4.79 Å². The fourth-order valence-electron chi connectivity index (χ4n) is 2.93. The van der Waals surface area contributed by atoms with Crippen LogP contribution in [-0.4, -0.2) is 39.0 Å². The van der Waals surface area contributed by atoms with E-state index in [4.69, 9.17) is 9.52 Å². The van der Waals surface area contributed by atoms with E-state index in [1.165, 1.54) is 29.2 Å². The van der Waals surface area contributed by atoms with E-state index in [9.17, 15) is 19.7 Å². The molecule has 0 atom stereocenters. The highest BCUT2D eigenvalue weighted by Crippen LogP contribution is 2.34. The predicted molar refractivity (Wildman–Crippen MR) is 120 cm³/mol. The van der Waals surface area contributed by atoms with Gasteiger partial charge in [-0.1, -0.05) is 6.07 Å². The van der Waals surface area contributed by atoms with Crippen molar-refractivity contribution in [3.63, 3.8) is 0 Å². The molecule has 10 heteroatoms. The molecule has 0 aliphatic carbocycles. The lowest BCUT2D eigenvalue weighted by atomic mass is 10.1. The number of amides is 1. The van der Waals surface area contributed by atoms with Crippen LogP contribution >= 0.6 is 11.8 Å². The first-order valence-electron chi connectivity index (χ1n) is 9.26. The van der Waals surface area contributed by atoms with Crippen molar-refractivity contribution in [2.45, 2.75) is 0 Å². The number of nitro groups is 1. The number of aliphatic imine (C=N–C) groups is 1. The Bertz CT molecular complexity index is 1290. The Labute approximate surface area is 185 Å². The third-order valence-electron chi connectivity index (χ3n) is 4.58. The standard InChI is InChI=1S/C22H15N3O6S/c1-24-20(26)19(32-22(24)23-15-4-2-3-14(11-15)21(27)28)12-17-9-10-18(31-17)13-5-7-16(8-6-13)25(29)30/h2-12H,1H3,(H,27,28)/b19-12+,23-22?. The number of hydrogen-bond acceptors (Lipinski definition) is 7. The molecular formula is C22H15N3O6S. The number of aromatic carboxylic acids is 1. The molecule has 4 rings (SSSR count). The van der Waals surface area contributed by atoms with E-state index < -0.39 is 10.9 Å². The molecule has 1 saturated heterocycles. The van der Waals surface area contributed by atoms with E-state index in [1.807, 2.05) is 0 Å². The molecule has 0 spiro atoms. The summed E-state index contributed by atoms with van der Waals surface area (Å²) in [5, 5.41) is 20.3. The summed E-state index contributed by atoms with van der Waals surface area (Å²) in [6.07, 6.45) is 1.59. The molecule has 9 nitrogen and oxygen atoms in total. The van der Waals surface area contributed by atoms with Crippen LogP contribution < -0.4 is 0 Å². The summed E-state index contributed by atoms with van der Waals surface area (Å²) in [5.41, 5.74) is 1.18. The number of carboxylic acids is 1. The van der Waals surface area contributed by atoms with Crippen LogP contribution in [0.4, 0.5) is 11.4 Å². The summed E-state index contributed by atoms with van der Waals surface area (Å²) in [4.78, 5) is 40.3. The SMILES string of the molecule is CN1C(=O)/C(=C\c2ccc(-c3ccc([N+](=O)[O-])cc3)o2)SC1=Nc1cccc(C(=O)O)c1. The molecular weight excluding hydrogens is 434 g/mol. The van der Waals surface area contributed by atoms with E-state index in [-0.39, 0.29) is 17.2 Å². The number of amidine groups is 1. The number of likely N-dealkylation sites (N-methyl/N-ethyl adjacent to an activating group) is 1. The summed E-state index contributed by atoms with van der Waals surface area (Å²) in [7, 11) is 1.58. The van der Waals surface area contributed by atoms with E-state index in [1.54, 1.807) is 49.5 Å². The Morgan fingerprint density at radius 2 is 1.94 bits per heavy atom. The molecule has 160 valence electrons. The van der Waals surface area contributed by atoms with Gasteiger partial charge in [-0.2, -0.15) is 0 Å². The molecule has 1 aromatic heterocycles. The van der Waals surface area contributed by atoms with Crippen molar-refractivity contribution in [1.82, 2.24) is 4.90 Å². The molecule has 2 heterocycles. The van der Waals surface area contributed by atoms with Crippen molar-refractivity contribution in [2.75, 3.05) is 7.05 Å². The predicted octanol–water partition coefficient (Wildman–Crippen LogP) is 4.79. The third-order valence-corrected chi connectivity index (χ3v) is 5.64. The summed E-state index contributed by atoms with van der Waals surface area (Å²) in [5.74, 6) is -0.374. The van der Waals surface area contributed by atoms with Crippen LogP contribution in [0.15, 0.2) is 75.0 Å². The van der Waals surface area contributed by atoms with E-state index in [2.05, 4.69) is 4.99 Å². The van der Waals surface area contributed by atoms with Crippen LogP contribution in [0.3, 0.4) is 0 Å². The van der Waals surface area contributed by atoms with Gasteiger partial charge in [-0.25, -0.2) is 9.79 Å². The number of carboxylic acid groups (broad SMARTS) is 1. The van der Waals surface area contributed by atoms with Crippen molar-refractivity contribution < 1.29 is 24.0 Å². The highest BCUT2D eigenvalue weighted by molar-refractivity contribution is 8.18. The molecule has 1 aliphatic heterocycles. The number of carbonyl (C=O) groups is 2. The van der Waals surface area contributed by atoms with Gasteiger partial charge in [0.2, 0.25) is 0 Å². The Kier molecular flexibility index (Phi) is 5.61. The zero-order valence-electron chi connectivity index (χ0n) is 16.6. The molecule has 1 N–H and O–H groups in total. The molecule has 1 aliphatic rings. The van der Waals surface area contributed by atoms with Crippen LogP contribution in [0.2, 0.25) is 0 Å². The minimum Gasteiger partial charge on any atom is -0.478 e. The van der Waals surface area contributed by atoms with Crippen LogP contribution in [0.25, 0.3) is 17.4 Å². The number of non-ortho nitro benzene ring substituents is 1. The highest BCUT2D eigenvalue weighted by atomic mass is 32.2. The fraction of sp³-hybridized carbons (Fsp3) is 0.0455. The summed E-state index contributed by atoms with van der Waals surface area (Å²) < 4.78 is 5.78. The van der Waals surface area contributed by atoms with Crippen LogP contribution in [0.1, 0.15) is 16.1 Å². The topological polar surface area (TPSA) is 126 Å². The van der Waals surface area contributed by atoms with Gasteiger partial charge in [0.1, 0.15) is 11.5 Å². The maximum absolute atomic E-state index is 12.6. The van der Waals surface area contributed by atoms with Gasteiger partial charge in [0.15, 0.2) is 5.17 Å². The molecule has 3 aromatic rings. The van der Waals surface area contributed by atoms with Crippen molar-refractivity contribution in [1.29, 1.82) is 0 Å². The Balaban J connectivity index is 1.56. The van der Waals surface area contributed by atoms with E-state index in [0.29, 0.717) is 32.8 Å². The number of carbonyl (C=O) groups excluding carboxylic acids is 1. The summed E-state index contributed by atoms with van der Waals surface area (Å²) in [6.45, 7) is 0. The third kappa shape index (κ3) is 4.30. The van der Waals surface area contributed by atoms with Gasteiger partial charge in [0.25, 0.3) is 11.6 Å². The monoisotopic (exact) mass is 449 g/mol. The lowest BCUT2D eigenvalue weighted by molar-refractivity contribution is -0.384. The van der Waals surface area contributed by atoms with Crippen molar-refractivity contribution in [2.24, 2.45) is 4.99 Å². The molecule has 32 heavy (non-hydrogen) atoms. The second-order valence-electron chi connectivity index (χ2n) is 6.73.